The van der Waals surface area contributed by atoms with Gasteiger partial charge in [0.1, 0.15) is 0 Å². The van der Waals surface area contributed by atoms with Crippen molar-refractivity contribution in [3.05, 3.63) is 22.9 Å². The minimum Gasteiger partial charge on any atom is -0.468 e. The van der Waals surface area contributed by atoms with Gasteiger partial charge in [0.15, 0.2) is 5.41 Å². The van der Waals surface area contributed by atoms with Crippen LogP contribution < -0.4 is 0 Å². The van der Waals surface area contributed by atoms with Gasteiger partial charge in [-0.15, -0.1) is 0 Å². The molecule has 0 N–H and O–H groups in total. The van der Waals surface area contributed by atoms with E-state index >= 15 is 0 Å². The van der Waals surface area contributed by atoms with Crippen LogP contribution in [-0.4, -0.2) is 47.3 Å². The molecule has 6 nitrogen and oxygen atoms in total. The Labute approximate surface area is 156 Å². The summed E-state index contributed by atoms with van der Waals surface area (Å²) in [6, 6.07) is 3.16. The van der Waals surface area contributed by atoms with E-state index in [4.69, 9.17) is 14.2 Å². The van der Waals surface area contributed by atoms with E-state index in [1.807, 2.05) is 0 Å². The van der Waals surface area contributed by atoms with Crippen molar-refractivity contribution >= 4 is 26.0 Å². The molecule has 0 unspecified atom stereocenters. The van der Waals surface area contributed by atoms with Crippen molar-refractivity contribution in [2.45, 2.75) is 51.7 Å². The van der Waals surface area contributed by atoms with E-state index in [0.717, 1.165) is 23.7 Å². The van der Waals surface area contributed by atoms with E-state index in [-0.39, 0.29) is 12.8 Å². The summed E-state index contributed by atoms with van der Waals surface area (Å²) < 4.78 is 14.5. The van der Waals surface area contributed by atoms with Crippen LogP contribution in [0.1, 0.15) is 33.6 Å². The molecule has 0 spiro atoms. The predicted molar refractivity (Wildman–Crippen MR) is 101 cm³/mol. The normalized spacial score (nSPS) is 19.5. The second-order valence-electron chi connectivity index (χ2n) is 6.70. The molecular weight excluding hydrogens is 352 g/mol. The molecule has 1 aliphatic rings. The van der Waals surface area contributed by atoms with Crippen LogP contribution in [0.3, 0.4) is 0 Å². The van der Waals surface area contributed by atoms with E-state index in [0.29, 0.717) is 5.57 Å². The Morgan fingerprint density at radius 2 is 1.35 bits per heavy atom. The zero-order valence-corrected chi connectivity index (χ0v) is 17.6. The van der Waals surface area contributed by atoms with Crippen LogP contribution in [0.25, 0.3) is 0 Å². The maximum absolute atomic E-state index is 12.5. The largest absolute Gasteiger partial charge is 0.468 e. The lowest BCUT2D eigenvalue weighted by atomic mass is 9.86. The van der Waals surface area contributed by atoms with Gasteiger partial charge < -0.3 is 14.2 Å². The molecule has 0 amide bonds. The van der Waals surface area contributed by atoms with Crippen LogP contribution in [0.2, 0.25) is 18.1 Å². The summed E-state index contributed by atoms with van der Waals surface area (Å²) in [7, 11) is 2.11. The Bertz CT molecular complexity index is 591. The number of hydrogen-bond acceptors (Lipinski definition) is 6. The molecule has 7 heteroatoms. The number of allylic oxidation sites excluding steroid dienone is 2. The predicted octanol–water partition coefficient (Wildman–Crippen LogP) is 3.19. The Morgan fingerprint density at radius 1 is 0.885 bits per heavy atom. The quantitative estimate of drug-likeness (QED) is 0.221. The highest BCUT2D eigenvalue weighted by Crippen LogP contribution is 2.48. The molecule has 0 radical (unpaired) electrons. The molecule has 26 heavy (non-hydrogen) atoms. The summed E-state index contributed by atoms with van der Waals surface area (Å²) in [5, 5.41) is 0. The highest BCUT2D eigenvalue weighted by molar-refractivity contribution is 6.84. The molecule has 0 aliphatic heterocycles. The molecule has 0 bridgehead atoms. The average Bonchev–Trinajstić information content (AvgIpc) is 3.03. The highest BCUT2D eigenvalue weighted by Gasteiger charge is 2.54. The third kappa shape index (κ3) is 4.26. The number of esters is 3. The number of rotatable bonds is 7. The maximum Gasteiger partial charge on any atom is 0.330 e. The van der Waals surface area contributed by atoms with Crippen LogP contribution >= 0.6 is 0 Å². The van der Waals surface area contributed by atoms with Crippen LogP contribution in [0.15, 0.2) is 22.9 Å². The van der Waals surface area contributed by atoms with Crippen molar-refractivity contribution in [2.24, 2.45) is 5.41 Å². The molecular formula is C19H30O6Si. The first-order chi connectivity index (χ1) is 12.3. The zero-order chi connectivity index (χ0) is 20.0. The van der Waals surface area contributed by atoms with Gasteiger partial charge in [0.05, 0.1) is 29.4 Å². The third-order valence-corrected chi connectivity index (χ3v) is 10.8. The number of ether oxygens (including phenoxy) is 3. The Morgan fingerprint density at radius 3 is 1.73 bits per heavy atom. The van der Waals surface area contributed by atoms with Gasteiger partial charge in [-0.1, -0.05) is 50.2 Å². The standard InChI is InChI=1S/C19H30O6Si/c1-7-26(8-2,9-3)13-15-12-19(17(21)24-5,18(22)25-6)11-14(15)10-16(20)23-4/h10,13H,7-9,11-12H2,1-6H3/b14-10+,15-13-. The highest BCUT2D eigenvalue weighted by atomic mass is 28.3. The third-order valence-electron chi connectivity index (χ3n) is 5.64. The number of hydrogen-bond donors (Lipinski definition) is 0. The van der Waals surface area contributed by atoms with E-state index in [1.54, 1.807) is 0 Å². The van der Waals surface area contributed by atoms with E-state index in [2.05, 4.69) is 26.5 Å². The second-order valence-corrected chi connectivity index (χ2v) is 11.8. The molecule has 0 aromatic carbocycles. The van der Waals surface area contributed by atoms with Gasteiger partial charge in [-0.25, -0.2) is 4.79 Å². The lowest BCUT2D eigenvalue weighted by Gasteiger charge is -2.25. The lowest BCUT2D eigenvalue weighted by molar-refractivity contribution is -0.168. The van der Waals surface area contributed by atoms with Gasteiger partial charge in [0.2, 0.25) is 0 Å². The molecule has 1 fully saturated rings. The SMILES string of the molecule is CC[Si](/C=C1/CC(C(=O)OC)(C(=O)OC)C/C1=C\C(=O)OC)(CC)CC. The second kappa shape index (κ2) is 9.16. The number of methoxy groups -OCH3 is 3. The van der Waals surface area contributed by atoms with Crippen molar-refractivity contribution in [3.63, 3.8) is 0 Å². The van der Waals surface area contributed by atoms with Crippen molar-refractivity contribution in [3.8, 4) is 0 Å². The van der Waals surface area contributed by atoms with Crippen molar-refractivity contribution in [1.82, 2.24) is 0 Å². The molecule has 1 rings (SSSR count). The minimum atomic E-state index is -1.70. The smallest absolute Gasteiger partial charge is 0.330 e. The van der Waals surface area contributed by atoms with Gasteiger partial charge in [-0.3, -0.25) is 9.59 Å². The first kappa shape index (κ1) is 22.1. The Hall–Kier alpha value is -1.89. The molecule has 1 saturated carbocycles. The van der Waals surface area contributed by atoms with Crippen LogP contribution in [0.4, 0.5) is 0 Å². The first-order valence-electron chi connectivity index (χ1n) is 8.95. The monoisotopic (exact) mass is 382 g/mol. The first-order valence-corrected chi connectivity index (χ1v) is 11.6. The van der Waals surface area contributed by atoms with Gasteiger partial charge in [-0.05, 0) is 12.0 Å². The summed E-state index contributed by atoms with van der Waals surface area (Å²) in [4.78, 5) is 36.8. The fourth-order valence-corrected chi connectivity index (χ4v) is 6.76. The fourth-order valence-electron chi connectivity index (χ4n) is 3.62. The van der Waals surface area contributed by atoms with Crippen LogP contribution in [0, 0.1) is 5.41 Å². The van der Waals surface area contributed by atoms with Crippen molar-refractivity contribution < 1.29 is 28.6 Å². The van der Waals surface area contributed by atoms with Crippen molar-refractivity contribution in [2.75, 3.05) is 21.3 Å². The Kier molecular flexibility index (Phi) is 7.81. The summed E-state index contributed by atoms with van der Waals surface area (Å²) in [5.41, 5.74) is 2.32. The van der Waals surface area contributed by atoms with Gasteiger partial charge >= 0.3 is 17.9 Å². The summed E-state index contributed by atoms with van der Waals surface area (Å²) in [5.74, 6) is -1.78. The molecule has 0 saturated heterocycles. The topological polar surface area (TPSA) is 78.9 Å². The molecule has 146 valence electrons. The lowest BCUT2D eigenvalue weighted by Crippen LogP contribution is -2.39. The maximum atomic E-state index is 12.5. The molecule has 0 heterocycles. The average molecular weight is 383 g/mol. The molecule has 0 atom stereocenters. The van der Waals surface area contributed by atoms with Crippen LogP contribution in [-0.2, 0) is 28.6 Å². The van der Waals surface area contributed by atoms with Gasteiger partial charge in [0, 0.05) is 12.5 Å². The number of carbonyl (C=O) groups is 3. The number of carbonyl (C=O) groups excluding carboxylic acids is 3. The zero-order valence-electron chi connectivity index (χ0n) is 16.6. The summed E-state index contributed by atoms with van der Waals surface area (Å²) in [6.07, 6.45) is 1.64. The summed E-state index contributed by atoms with van der Waals surface area (Å²) in [6.45, 7) is 6.51. The molecule has 0 aromatic rings. The van der Waals surface area contributed by atoms with E-state index in [1.165, 1.54) is 27.4 Å². The van der Waals surface area contributed by atoms with Gasteiger partial charge in [0.25, 0.3) is 0 Å². The van der Waals surface area contributed by atoms with E-state index in [9.17, 15) is 14.4 Å². The minimum absolute atomic E-state index is 0.0783. The molecule has 1 aliphatic carbocycles. The van der Waals surface area contributed by atoms with Crippen LogP contribution in [0.5, 0.6) is 0 Å². The van der Waals surface area contributed by atoms with Gasteiger partial charge in [-0.2, -0.15) is 0 Å². The van der Waals surface area contributed by atoms with Crippen molar-refractivity contribution in [1.29, 1.82) is 0 Å². The van der Waals surface area contributed by atoms with E-state index < -0.39 is 31.4 Å². The Balaban J connectivity index is 3.55. The fraction of sp³-hybridized carbons (Fsp3) is 0.632. The summed E-state index contributed by atoms with van der Waals surface area (Å²) >= 11 is 0. The molecule has 0 aromatic heterocycles.